The van der Waals surface area contributed by atoms with Crippen LogP contribution < -0.4 is 15.6 Å². The molecule has 0 aromatic heterocycles. The molecular formula is C19H20BrFN2O3. The van der Waals surface area contributed by atoms with Crippen molar-refractivity contribution < 1.29 is 18.7 Å². The summed E-state index contributed by atoms with van der Waals surface area (Å²) in [4.78, 5) is 23.5. The summed E-state index contributed by atoms with van der Waals surface area (Å²) in [6.07, 6.45) is 1.08. The molecule has 0 atom stereocenters. The molecule has 0 aliphatic rings. The monoisotopic (exact) mass is 422 g/mol. The van der Waals surface area contributed by atoms with Crippen molar-refractivity contribution in [3.63, 3.8) is 0 Å². The van der Waals surface area contributed by atoms with Gasteiger partial charge in [0.15, 0.2) is 6.61 Å². The Kier molecular flexibility index (Phi) is 7.59. The SMILES string of the molecule is CCc1ccccc1OCC(=O)NNC(=O)CCc1ccc(Br)cc1F. The molecule has 26 heavy (non-hydrogen) atoms. The van der Waals surface area contributed by atoms with Gasteiger partial charge in [-0.1, -0.05) is 47.1 Å². The number of ether oxygens (including phenoxy) is 1. The Morgan fingerprint density at radius 3 is 2.54 bits per heavy atom. The highest BCUT2D eigenvalue weighted by atomic mass is 79.9. The van der Waals surface area contributed by atoms with Crippen LogP contribution in [0.15, 0.2) is 46.9 Å². The van der Waals surface area contributed by atoms with Gasteiger partial charge >= 0.3 is 0 Å². The van der Waals surface area contributed by atoms with Gasteiger partial charge in [0, 0.05) is 10.9 Å². The Balaban J connectivity index is 1.72. The van der Waals surface area contributed by atoms with E-state index in [9.17, 15) is 14.0 Å². The fraction of sp³-hybridized carbons (Fsp3) is 0.263. The highest BCUT2D eigenvalue weighted by Crippen LogP contribution is 2.18. The van der Waals surface area contributed by atoms with Gasteiger partial charge < -0.3 is 4.74 Å². The lowest BCUT2D eigenvalue weighted by atomic mass is 10.1. The summed E-state index contributed by atoms with van der Waals surface area (Å²) in [5, 5.41) is 0. The lowest BCUT2D eigenvalue weighted by Gasteiger charge is -2.11. The smallest absolute Gasteiger partial charge is 0.276 e. The van der Waals surface area contributed by atoms with Gasteiger partial charge in [-0.2, -0.15) is 0 Å². The third-order valence-electron chi connectivity index (χ3n) is 3.69. The van der Waals surface area contributed by atoms with E-state index in [1.54, 1.807) is 18.2 Å². The number of nitrogens with one attached hydrogen (secondary N) is 2. The van der Waals surface area contributed by atoms with Crippen molar-refractivity contribution >= 4 is 27.7 Å². The number of hydrazine groups is 1. The van der Waals surface area contributed by atoms with Gasteiger partial charge in [-0.05, 0) is 42.2 Å². The molecule has 0 spiro atoms. The summed E-state index contributed by atoms with van der Waals surface area (Å²) in [6.45, 7) is 1.79. The highest BCUT2D eigenvalue weighted by Gasteiger charge is 2.09. The fourth-order valence-electron chi connectivity index (χ4n) is 2.29. The number of hydrogen-bond donors (Lipinski definition) is 2. The molecule has 0 saturated heterocycles. The predicted molar refractivity (Wildman–Crippen MR) is 100 cm³/mol. The maximum atomic E-state index is 13.7. The number of hydrogen-bond acceptors (Lipinski definition) is 3. The van der Waals surface area contributed by atoms with Crippen molar-refractivity contribution in [3.05, 3.63) is 63.9 Å². The van der Waals surface area contributed by atoms with E-state index in [-0.39, 0.29) is 25.3 Å². The second-order valence-corrected chi connectivity index (χ2v) is 6.50. The van der Waals surface area contributed by atoms with Crippen LogP contribution in [0.25, 0.3) is 0 Å². The zero-order valence-electron chi connectivity index (χ0n) is 14.4. The minimum atomic E-state index is -0.473. The van der Waals surface area contributed by atoms with E-state index in [0.717, 1.165) is 12.0 Å². The third-order valence-corrected chi connectivity index (χ3v) is 4.18. The number of para-hydroxylation sites is 1. The van der Waals surface area contributed by atoms with Gasteiger partial charge in [-0.3, -0.25) is 20.4 Å². The molecule has 0 radical (unpaired) electrons. The Morgan fingerprint density at radius 1 is 1.08 bits per heavy atom. The summed E-state index contributed by atoms with van der Waals surface area (Å²) >= 11 is 3.18. The first-order valence-electron chi connectivity index (χ1n) is 8.22. The number of amides is 2. The highest BCUT2D eigenvalue weighted by molar-refractivity contribution is 9.10. The van der Waals surface area contributed by atoms with Crippen LogP contribution >= 0.6 is 15.9 Å². The summed E-state index contributed by atoms with van der Waals surface area (Å²) in [6, 6.07) is 12.1. The first-order chi connectivity index (χ1) is 12.5. The van der Waals surface area contributed by atoms with E-state index in [1.165, 1.54) is 6.07 Å². The molecule has 0 unspecified atom stereocenters. The van der Waals surface area contributed by atoms with Crippen molar-refractivity contribution in [1.29, 1.82) is 0 Å². The molecule has 2 aromatic carbocycles. The van der Waals surface area contributed by atoms with E-state index in [1.807, 2.05) is 25.1 Å². The van der Waals surface area contributed by atoms with E-state index in [2.05, 4.69) is 26.8 Å². The summed E-state index contributed by atoms with van der Waals surface area (Å²) in [5.41, 5.74) is 6.02. The third kappa shape index (κ3) is 6.15. The average molecular weight is 423 g/mol. The predicted octanol–water partition coefficient (Wildman–Crippen LogP) is 3.31. The van der Waals surface area contributed by atoms with Gasteiger partial charge in [0.2, 0.25) is 5.91 Å². The van der Waals surface area contributed by atoms with Gasteiger partial charge in [-0.15, -0.1) is 0 Å². The van der Waals surface area contributed by atoms with Crippen molar-refractivity contribution in [1.82, 2.24) is 10.9 Å². The van der Waals surface area contributed by atoms with Crippen LogP contribution in [-0.2, 0) is 22.4 Å². The van der Waals surface area contributed by atoms with Gasteiger partial charge in [-0.25, -0.2) is 4.39 Å². The normalized spacial score (nSPS) is 10.3. The van der Waals surface area contributed by atoms with E-state index in [4.69, 9.17) is 4.74 Å². The van der Waals surface area contributed by atoms with Crippen LogP contribution in [0.3, 0.4) is 0 Å². The summed E-state index contributed by atoms with van der Waals surface area (Å²) in [7, 11) is 0. The van der Waals surface area contributed by atoms with Gasteiger partial charge in [0.1, 0.15) is 11.6 Å². The molecule has 2 rings (SSSR count). The number of carbonyl (C=O) groups is 2. The minimum absolute atomic E-state index is 0.0539. The molecule has 2 aromatic rings. The molecular weight excluding hydrogens is 403 g/mol. The number of halogens is 2. The molecule has 0 bridgehead atoms. The van der Waals surface area contributed by atoms with Crippen LogP contribution in [0.1, 0.15) is 24.5 Å². The molecule has 0 aliphatic heterocycles. The van der Waals surface area contributed by atoms with Crippen molar-refractivity contribution in [3.8, 4) is 5.75 Å². The zero-order chi connectivity index (χ0) is 18.9. The Hall–Kier alpha value is -2.41. The van der Waals surface area contributed by atoms with Crippen LogP contribution in [0, 0.1) is 5.82 Å². The first kappa shape index (κ1) is 19.9. The molecule has 2 amide bonds. The maximum Gasteiger partial charge on any atom is 0.276 e. The molecule has 2 N–H and O–H groups in total. The van der Waals surface area contributed by atoms with Crippen LogP contribution in [0.5, 0.6) is 5.75 Å². The quantitative estimate of drug-likeness (QED) is 0.672. The standard InChI is InChI=1S/C19H20BrFN2O3/c1-2-13-5-3-4-6-17(13)26-12-19(25)23-22-18(24)10-8-14-7-9-15(20)11-16(14)21/h3-7,9,11H,2,8,10,12H2,1H3,(H,22,24)(H,23,25). The Labute approximate surface area is 160 Å². The topological polar surface area (TPSA) is 67.4 Å². The lowest BCUT2D eigenvalue weighted by Crippen LogP contribution is -2.43. The summed E-state index contributed by atoms with van der Waals surface area (Å²) in [5.74, 6) is -0.616. The van der Waals surface area contributed by atoms with Gasteiger partial charge in [0.05, 0.1) is 0 Å². The number of carbonyl (C=O) groups excluding carboxylic acids is 2. The second kappa shape index (κ2) is 9.91. The molecule has 0 heterocycles. The minimum Gasteiger partial charge on any atom is -0.483 e. The molecule has 7 heteroatoms. The number of aryl methyl sites for hydroxylation is 2. The Morgan fingerprint density at radius 2 is 1.81 bits per heavy atom. The van der Waals surface area contributed by atoms with Crippen LogP contribution in [0.2, 0.25) is 0 Å². The van der Waals surface area contributed by atoms with Crippen LogP contribution in [0.4, 0.5) is 4.39 Å². The molecule has 138 valence electrons. The van der Waals surface area contributed by atoms with Crippen molar-refractivity contribution in [2.24, 2.45) is 0 Å². The maximum absolute atomic E-state index is 13.7. The van der Waals surface area contributed by atoms with E-state index < -0.39 is 11.8 Å². The molecule has 0 saturated carbocycles. The fourth-order valence-corrected chi connectivity index (χ4v) is 2.62. The molecule has 0 fully saturated rings. The van der Waals surface area contributed by atoms with Crippen molar-refractivity contribution in [2.45, 2.75) is 26.2 Å². The molecule has 5 nitrogen and oxygen atoms in total. The number of rotatable bonds is 7. The number of benzene rings is 2. The van der Waals surface area contributed by atoms with E-state index in [0.29, 0.717) is 15.8 Å². The molecule has 0 aliphatic carbocycles. The summed E-state index contributed by atoms with van der Waals surface area (Å²) < 4.78 is 19.8. The lowest BCUT2D eigenvalue weighted by molar-refractivity contribution is -0.130. The average Bonchev–Trinajstić information content (AvgIpc) is 2.64. The van der Waals surface area contributed by atoms with Gasteiger partial charge in [0.25, 0.3) is 5.91 Å². The first-order valence-corrected chi connectivity index (χ1v) is 9.01. The van der Waals surface area contributed by atoms with E-state index >= 15 is 0 Å². The second-order valence-electron chi connectivity index (χ2n) is 5.58. The largest absolute Gasteiger partial charge is 0.483 e. The Bertz CT molecular complexity index is 783. The zero-order valence-corrected chi connectivity index (χ0v) is 15.9. The van der Waals surface area contributed by atoms with Crippen LogP contribution in [-0.4, -0.2) is 18.4 Å². The van der Waals surface area contributed by atoms with Crippen molar-refractivity contribution in [2.75, 3.05) is 6.61 Å².